The molecule has 0 bridgehead atoms. The summed E-state index contributed by atoms with van der Waals surface area (Å²) in [7, 11) is 1.66. The van der Waals surface area contributed by atoms with Crippen LogP contribution in [0.2, 0.25) is 0 Å². The van der Waals surface area contributed by atoms with Gasteiger partial charge in [0.25, 0.3) is 0 Å². The largest absolute Gasteiger partial charge is 0.496 e. The van der Waals surface area contributed by atoms with Crippen LogP contribution in [0.3, 0.4) is 0 Å². The molecule has 5 heteroatoms. The minimum absolute atomic E-state index is 0.605. The molecule has 0 saturated carbocycles. The summed E-state index contributed by atoms with van der Waals surface area (Å²) >= 11 is 1.35. The van der Waals surface area contributed by atoms with Crippen LogP contribution in [0.15, 0.2) is 24.4 Å². The first-order valence-electron chi connectivity index (χ1n) is 5.46. The first kappa shape index (κ1) is 12.4. The van der Waals surface area contributed by atoms with E-state index in [1.54, 1.807) is 13.3 Å². The van der Waals surface area contributed by atoms with Gasteiger partial charge >= 0.3 is 0 Å². The minimum atomic E-state index is 0.605. The maximum Gasteiger partial charge on any atom is 0.184 e. The number of aryl methyl sites for hydroxylation is 1. The number of aromatic nitrogens is 1. The van der Waals surface area contributed by atoms with Crippen molar-refractivity contribution in [2.24, 2.45) is 0 Å². The SMILES string of the molecule is COc1ccc(C)cc1CNc1ncc(C#N)s1. The summed E-state index contributed by atoms with van der Waals surface area (Å²) in [6.07, 6.45) is 1.57. The van der Waals surface area contributed by atoms with Gasteiger partial charge in [-0.1, -0.05) is 29.0 Å². The zero-order valence-corrected chi connectivity index (χ0v) is 11.0. The Bertz CT molecular complexity index is 586. The molecule has 0 spiro atoms. The van der Waals surface area contributed by atoms with Gasteiger partial charge in [-0.25, -0.2) is 4.98 Å². The molecule has 4 nitrogen and oxygen atoms in total. The van der Waals surface area contributed by atoms with Gasteiger partial charge in [-0.05, 0) is 13.0 Å². The highest BCUT2D eigenvalue weighted by atomic mass is 32.1. The zero-order valence-electron chi connectivity index (χ0n) is 10.2. The van der Waals surface area contributed by atoms with Crippen molar-refractivity contribution in [3.8, 4) is 11.8 Å². The van der Waals surface area contributed by atoms with Crippen molar-refractivity contribution < 1.29 is 4.74 Å². The minimum Gasteiger partial charge on any atom is -0.496 e. The number of thiazole rings is 1. The van der Waals surface area contributed by atoms with Crippen molar-refractivity contribution in [2.75, 3.05) is 12.4 Å². The number of nitrogens with one attached hydrogen (secondary N) is 1. The molecule has 2 aromatic rings. The van der Waals surface area contributed by atoms with Gasteiger partial charge in [-0.15, -0.1) is 0 Å². The van der Waals surface area contributed by atoms with E-state index in [1.165, 1.54) is 16.9 Å². The van der Waals surface area contributed by atoms with Crippen LogP contribution in [0.5, 0.6) is 5.75 Å². The summed E-state index contributed by atoms with van der Waals surface area (Å²) in [6.45, 7) is 2.67. The molecule has 18 heavy (non-hydrogen) atoms. The Hall–Kier alpha value is -2.06. The van der Waals surface area contributed by atoms with E-state index in [0.29, 0.717) is 11.4 Å². The van der Waals surface area contributed by atoms with Crippen molar-refractivity contribution in [3.05, 3.63) is 40.4 Å². The standard InChI is InChI=1S/C13H13N3OS/c1-9-3-4-12(17-2)10(5-9)7-15-13-16-8-11(6-14)18-13/h3-5,8H,7H2,1-2H3,(H,15,16). The molecule has 0 aliphatic heterocycles. The lowest BCUT2D eigenvalue weighted by Gasteiger charge is -2.09. The highest BCUT2D eigenvalue weighted by Gasteiger charge is 2.05. The van der Waals surface area contributed by atoms with Gasteiger partial charge in [0.2, 0.25) is 0 Å². The number of anilines is 1. The maximum atomic E-state index is 8.73. The fourth-order valence-corrected chi connectivity index (χ4v) is 2.23. The van der Waals surface area contributed by atoms with Crippen molar-refractivity contribution in [3.63, 3.8) is 0 Å². The van der Waals surface area contributed by atoms with Crippen LogP contribution in [-0.4, -0.2) is 12.1 Å². The Morgan fingerprint density at radius 3 is 3.00 bits per heavy atom. The summed E-state index contributed by atoms with van der Waals surface area (Å²) in [5, 5.41) is 12.7. The van der Waals surface area contributed by atoms with Crippen LogP contribution in [0.25, 0.3) is 0 Å². The number of methoxy groups -OCH3 is 1. The maximum absolute atomic E-state index is 8.73. The summed E-state index contributed by atoms with van der Waals surface area (Å²) < 4.78 is 5.31. The topological polar surface area (TPSA) is 57.9 Å². The van der Waals surface area contributed by atoms with Crippen molar-refractivity contribution >= 4 is 16.5 Å². The Morgan fingerprint density at radius 1 is 1.50 bits per heavy atom. The third kappa shape index (κ3) is 2.79. The molecule has 0 atom stereocenters. The van der Waals surface area contributed by atoms with Gasteiger partial charge in [0.05, 0.1) is 13.3 Å². The van der Waals surface area contributed by atoms with E-state index in [9.17, 15) is 0 Å². The van der Waals surface area contributed by atoms with Crippen LogP contribution >= 0.6 is 11.3 Å². The highest BCUT2D eigenvalue weighted by molar-refractivity contribution is 7.16. The number of nitrogens with zero attached hydrogens (tertiary/aromatic N) is 2. The van der Waals surface area contributed by atoms with E-state index < -0.39 is 0 Å². The predicted molar refractivity (Wildman–Crippen MR) is 71.9 cm³/mol. The molecule has 0 fully saturated rings. The lowest BCUT2D eigenvalue weighted by Crippen LogP contribution is -2.01. The van der Waals surface area contributed by atoms with Gasteiger partial charge in [-0.3, -0.25) is 0 Å². The van der Waals surface area contributed by atoms with E-state index in [0.717, 1.165) is 16.4 Å². The predicted octanol–water partition coefficient (Wildman–Crippen LogP) is 2.94. The van der Waals surface area contributed by atoms with Crippen LogP contribution in [0.4, 0.5) is 5.13 Å². The zero-order chi connectivity index (χ0) is 13.0. The van der Waals surface area contributed by atoms with Crippen LogP contribution in [0, 0.1) is 18.3 Å². The van der Waals surface area contributed by atoms with Crippen LogP contribution in [-0.2, 0) is 6.54 Å². The quantitative estimate of drug-likeness (QED) is 0.917. The fourth-order valence-electron chi connectivity index (χ4n) is 1.62. The normalized spacial score (nSPS) is 9.83. The van der Waals surface area contributed by atoms with Crippen molar-refractivity contribution in [2.45, 2.75) is 13.5 Å². The number of hydrogen-bond donors (Lipinski definition) is 1. The number of hydrogen-bond acceptors (Lipinski definition) is 5. The molecule has 92 valence electrons. The molecule has 0 aliphatic rings. The van der Waals surface area contributed by atoms with Gasteiger partial charge in [0.1, 0.15) is 16.7 Å². The smallest absolute Gasteiger partial charge is 0.184 e. The van der Waals surface area contributed by atoms with Gasteiger partial charge < -0.3 is 10.1 Å². The third-order valence-corrected chi connectivity index (χ3v) is 3.34. The Kier molecular flexibility index (Phi) is 3.80. The first-order valence-corrected chi connectivity index (χ1v) is 6.28. The van der Waals surface area contributed by atoms with Crippen LogP contribution < -0.4 is 10.1 Å². The van der Waals surface area contributed by atoms with E-state index in [1.807, 2.05) is 19.1 Å². The lowest BCUT2D eigenvalue weighted by atomic mass is 10.1. The number of rotatable bonds is 4. The van der Waals surface area contributed by atoms with Gasteiger partial charge in [0, 0.05) is 12.1 Å². The second-order valence-corrected chi connectivity index (χ2v) is 4.84. The Balaban J connectivity index is 2.10. The summed E-state index contributed by atoms with van der Waals surface area (Å²) in [5.74, 6) is 0.852. The molecule has 0 saturated heterocycles. The van der Waals surface area contributed by atoms with Gasteiger partial charge in [-0.2, -0.15) is 5.26 Å². The summed E-state index contributed by atoms with van der Waals surface area (Å²) in [4.78, 5) is 4.73. The molecule has 0 amide bonds. The number of nitriles is 1. The first-order chi connectivity index (χ1) is 8.72. The van der Waals surface area contributed by atoms with E-state index in [2.05, 4.69) is 22.4 Å². The number of ether oxygens (including phenoxy) is 1. The highest BCUT2D eigenvalue weighted by Crippen LogP contribution is 2.22. The fraction of sp³-hybridized carbons (Fsp3) is 0.231. The molecule has 1 aromatic heterocycles. The lowest BCUT2D eigenvalue weighted by molar-refractivity contribution is 0.410. The molecular weight excluding hydrogens is 246 g/mol. The van der Waals surface area contributed by atoms with Crippen molar-refractivity contribution in [1.82, 2.24) is 4.98 Å². The molecule has 1 aromatic carbocycles. The third-order valence-electron chi connectivity index (χ3n) is 2.48. The second-order valence-electron chi connectivity index (χ2n) is 3.81. The molecule has 2 rings (SSSR count). The number of benzene rings is 1. The van der Waals surface area contributed by atoms with Crippen LogP contribution in [0.1, 0.15) is 16.0 Å². The molecule has 1 heterocycles. The molecule has 0 radical (unpaired) electrons. The molecule has 0 aliphatic carbocycles. The Labute approximate surface area is 110 Å². The van der Waals surface area contributed by atoms with Crippen molar-refractivity contribution in [1.29, 1.82) is 5.26 Å². The average Bonchev–Trinajstić information content (AvgIpc) is 2.84. The monoisotopic (exact) mass is 259 g/mol. The van der Waals surface area contributed by atoms with Gasteiger partial charge in [0.15, 0.2) is 5.13 Å². The molecule has 0 unspecified atom stereocenters. The Morgan fingerprint density at radius 2 is 2.33 bits per heavy atom. The summed E-state index contributed by atoms with van der Waals surface area (Å²) in [5.41, 5.74) is 2.26. The summed E-state index contributed by atoms with van der Waals surface area (Å²) in [6, 6.07) is 8.11. The van der Waals surface area contributed by atoms with E-state index >= 15 is 0 Å². The average molecular weight is 259 g/mol. The second kappa shape index (κ2) is 5.52. The van der Waals surface area contributed by atoms with E-state index in [4.69, 9.17) is 10.00 Å². The van der Waals surface area contributed by atoms with E-state index in [-0.39, 0.29) is 0 Å². The molecule has 1 N–H and O–H groups in total. The molecular formula is C13H13N3OS.